The van der Waals surface area contributed by atoms with E-state index < -0.39 is 17.6 Å². The van der Waals surface area contributed by atoms with Gasteiger partial charge in [-0.3, -0.25) is 9.20 Å². The first-order valence-electron chi connectivity index (χ1n) is 7.52. The molecule has 4 rings (SSSR count). The number of amides is 1. The smallest absolute Gasteiger partial charge is 0.345 e. The molecule has 0 aliphatic heterocycles. The van der Waals surface area contributed by atoms with Crippen LogP contribution in [-0.2, 0) is 12.7 Å². The highest BCUT2D eigenvalue weighted by molar-refractivity contribution is 6.30. The zero-order valence-corrected chi connectivity index (χ0v) is 14.0. The number of aromatic amines is 1. The number of halogens is 4. The molecule has 0 radical (unpaired) electrons. The lowest BCUT2D eigenvalue weighted by molar-refractivity contribution is -0.136. The third-order valence-corrected chi connectivity index (χ3v) is 4.04. The molecule has 8 nitrogen and oxygen atoms in total. The number of aromatic nitrogens is 6. The number of fused-ring (bicyclic) bond motifs is 2. The number of hydrogen-bond donors (Lipinski definition) is 2. The Bertz CT molecular complexity index is 1170. The summed E-state index contributed by atoms with van der Waals surface area (Å²) in [6.45, 7) is -0.144. The maximum Gasteiger partial charge on any atom is 0.420 e. The molecule has 2 N–H and O–H groups in total. The van der Waals surface area contributed by atoms with E-state index in [2.05, 4.69) is 30.9 Å². The SMILES string of the molecule is O=C(NCc1nnc2c(C(F)(F)F)cc(Cl)cn12)c1ccc2n[nH]nc2c1. The van der Waals surface area contributed by atoms with Crippen LogP contribution in [0.5, 0.6) is 0 Å². The van der Waals surface area contributed by atoms with Crippen LogP contribution in [0.25, 0.3) is 16.7 Å². The number of hydrogen-bond acceptors (Lipinski definition) is 5. The van der Waals surface area contributed by atoms with Gasteiger partial charge in [-0.1, -0.05) is 11.6 Å². The van der Waals surface area contributed by atoms with Crippen molar-refractivity contribution in [1.82, 2.24) is 35.3 Å². The van der Waals surface area contributed by atoms with Gasteiger partial charge in [0.25, 0.3) is 5.91 Å². The summed E-state index contributed by atoms with van der Waals surface area (Å²) >= 11 is 5.78. The molecule has 0 aliphatic carbocycles. The summed E-state index contributed by atoms with van der Waals surface area (Å²) in [5, 5.41) is 20.0. The summed E-state index contributed by atoms with van der Waals surface area (Å²) in [4.78, 5) is 12.3. The normalized spacial score (nSPS) is 12.0. The molecule has 0 fully saturated rings. The molecule has 1 amide bonds. The number of alkyl halides is 3. The van der Waals surface area contributed by atoms with E-state index in [1.54, 1.807) is 12.1 Å². The Labute approximate surface area is 153 Å². The first-order valence-corrected chi connectivity index (χ1v) is 7.90. The first kappa shape index (κ1) is 17.2. The van der Waals surface area contributed by atoms with Crippen molar-refractivity contribution in [3.05, 3.63) is 52.4 Å². The number of nitrogens with one attached hydrogen (secondary N) is 2. The number of nitrogens with zero attached hydrogens (tertiary/aromatic N) is 5. The van der Waals surface area contributed by atoms with Gasteiger partial charge in [-0.15, -0.1) is 10.2 Å². The van der Waals surface area contributed by atoms with Crippen molar-refractivity contribution in [2.45, 2.75) is 12.7 Å². The third kappa shape index (κ3) is 3.16. The lowest BCUT2D eigenvalue weighted by Crippen LogP contribution is -2.24. The second-order valence-electron chi connectivity index (χ2n) is 5.59. The molecule has 1 aromatic carbocycles. The molecular weight excluding hydrogens is 387 g/mol. The summed E-state index contributed by atoms with van der Waals surface area (Å²) in [6.07, 6.45) is -3.37. The zero-order chi connectivity index (χ0) is 19.2. The quantitative estimate of drug-likeness (QED) is 0.555. The minimum absolute atomic E-state index is 0.105. The standard InChI is InChI=1S/C15H9ClF3N7O/c16-8-4-9(15(17,18)19)13-24-23-12(26(13)6-8)5-20-14(27)7-1-2-10-11(3-7)22-25-21-10/h1-4,6H,5H2,(H,20,27)(H,21,22,25). The van der Waals surface area contributed by atoms with E-state index in [-0.39, 0.29) is 23.0 Å². The third-order valence-electron chi connectivity index (χ3n) is 3.83. The monoisotopic (exact) mass is 395 g/mol. The van der Waals surface area contributed by atoms with E-state index in [1.165, 1.54) is 12.3 Å². The van der Waals surface area contributed by atoms with Crippen molar-refractivity contribution in [3.63, 3.8) is 0 Å². The van der Waals surface area contributed by atoms with Crippen molar-refractivity contribution < 1.29 is 18.0 Å². The van der Waals surface area contributed by atoms with Crippen LogP contribution in [0.15, 0.2) is 30.5 Å². The molecule has 0 spiro atoms. The largest absolute Gasteiger partial charge is 0.420 e. The molecule has 3 aromatic heterocycles. The number of carbonyl (C=O) groups is 1. The van der Waals surface area contributed by atoms with Gasteiger partial charge >= 0.3 is 6.18 Å². The molecule has 0 bridgehead atoms. The molecule has 0 aliphatic rings. The Balaban J connectivity index is 1.60. The fraction of sp³-hybridized carbons (Fsp3) is 0.133. The average Bonchev–Trinajstić information content (AvgIpc) is 3.24. The van der Waals surface area contributed by atoms with Crippen molar-refractivity contribution >= 4 is 34.2 Å². The maximum atomic E-state index is 13.1. The average molecular weight is 396 g/mol. The van der Waals surface area contributed by atoms with Crippen molar-refractivity contribution in [1.29, 1.82) is 0 Å². The molecule has 0 saturated heterocycles. The molecule has 27 heavy (non-hydrogen) atoms. The van der Waals surface area contributed by atoms with Gasteiger partial charge in [0.05, 0.1) is 11.6 Å². The van der Waals surface area contributed by atoms with Gasteiger partial charge in [-0.2, -0.15) is 28.6 Å². The van der Waals surface area contributed by atoms with Crippen molar-refractivity contribution in [2.24, 2.45) is 0 Å². The Morgan fingerprint density at radius 2 is 1.96 bits per heavy atom. The molecule has 0 unspecified atom stereocenters. The van der Waals surface area contributed by atoms with E-state index >= 15 is 0 Å². The highest BCUT2D eigenvalue weighted by Crippen LogP contribution is 2.33. The van der Waals surface area contributed by atoms with E-state index in [0.29, 0.717) is 16.6 Å². The van der Waals surface area contributed by atoms with Crippen LogP contribution in [0.2, 0.25) is 5.02 Å². The van der Waals surface area contributed by atoms with Crippen LogP contribution in [-0.4, -0.2) is 35.9 Å². The molecule has 3 heterocycles. The van der Waals surface area contributed by atoms with E-state index in [4.69, 9.17) is 11.6 Å². The van der Waals surface area contributed by atoms with Crippen molar-refractivity contribution in [3.8, 4) is 0 Å². The van der Waals surface area contributed by atoms with Crippen molar-refractivity contribution in [2.75, 3.05) is 0 Å². The predicted molar refractivity (Wildman–Crippen MR) is 88.1 cm³/mol. The van der Waals surface area contributed by atoms with Crippen LogP contribution >= 0.6 is 11.6 Å². The maximum absolute atomic E-state index is 13.1. The fourth-order valence-corrected chi connectivity index (χ4v) is 2.78. The first-order chi connectivity index (χ1) is 12.8. The van der Waals surface area contributed by atoms with Gasteiger partial charge in [0, 0.05) is 11.8 Å². The van der Waals surface area contributed by atoms with Gasteiger partial charge in [0.2, 0.25) is 0 Å². The summed E-state index contributed by atoms with van der Waals surface area (Å²) in [5.74, 6) is -0.344. The van der Waals surface area contributed by atoms with E-state index in [9.17, 15) is 18.0 Å². The molecular formula is C15H9ClF3N7O. The molecule has 12 heteroatoms. The number of benzene rings is 1. The van der Waals surface area contributed by atoms with E-state index in [1.807, 2.05) is 0 Å². The highest BCUT2D eigenvalue weighted by atomic mass is 35.5. The topological polar surface area (TPSA) is 101 Å². The number of rotatable bonds is 3. The number of pyridine rings is 1. The molecule has 4 aromatic rings. The summed E-state index contributed by atoms with van der Waals surface area (Å²) < 4.78 is 40.5. The summed E-state index contributed by atoms with van der Waals surface area (Å²) in [6, 6.07) is 5.49. The summed E-state index contributed by atoms with van der Waals surface area (Å²) in [7, 11) is 0. The minimum Gasteiger partial charge on any atom is -0.345 e. The Hall–Kier alpha value is -3.21. The Kier molecular flexibility index (Phi) is 3.95. The second kappa shape index (κ2) is 6.20. The van der Waals surface area contributed by atoms with Gasteiger partial charge in [-0.05, 0) is 24.3 Å². The lowest BCUT2D eigenvalue weighted by Gasteiger charge is -2.09. The van der Waals surface area contributed by atoms with Crippen LogP contribution in [0, 0.1) is 0 Å². The van der Waals surface area contributed by atoms with Crippen LogP contribution in [0.4, 0.5) is 13.2 Å². The van der Waals surface area contributed by atoms with E-state index in [0.717, 1.165) is 10.5 Å². The molecule has 0 atom stereocenters. The Morgan fingerprint density at radius 3 is 2.74 bits per heavy atom. The fourth-order valence-electron chi connectivity index (χ4n) is 2.58. The van der Waals surface area contributed by atoms with Crippen LogP contribution in [0.1, 0.15) is 21.7 Å². The lowest BCUT2D eigenvalue weighted by atomic mass is 10.2. The number of H-pyrrole nitrogens is 1. The minimum atomic E-state index is -4.63. The van der Waals surface area contributed by atoms with Crippen LogP contribution < -0.4 is 5.32 Å². The van der Waals surface area contributed by atoms with Gasteiger partial charge in [0.1, 0.15) is 16.6 Å². The van der Waals surface area contributed by atoms with Gasteiger partial charge < -0.3 is 5.32 Å². The molecule has 138 valence electrons. The number of carbonyl (C=O) groups excluding carboxylic acids is 1. The highest BCUT2D eigenvalue weighted by Gasteiger charge is 2.35. The van der Waals surface area contributed by atoms with Gasteiger partial charge in [-0.25, -0.2) is 0 Å². The zero-order valence-electron chi connectivity index (χ0n) is 13.3. The summed E-state index contributed by atoms with van der Waals surface area (Å²) in [5.41, 5.74) is 0.0393. The van der Waals surface area contributed by atoms with Crippen LogP contribution in [0.3, 0.4) is 0 Å². The second-order valence-corrected chi connectivity index (χ2v) is 6.03. The predicted octanol–water partition coefficient (Wildman–Crippen LogP) is 2.60. The molecule has 0 saturated carbocycles. The Morgan fingerprint density at radius 1 is 1.19 bits per heavy atom. The van der Waals surface area contributed by atoms with Gasteiger partial charge in [0.15, 0.2) is 11.5 Å².